The van der Waals surface area contributed by atoms with Crippen LogP contribution in [0.3, 0.4) is 0 Å². The van der Waals surface area contributed by atoms with Crippen molar-refractivity contribution >= 4 is 23.1 Å². The Kier molecular flexibility index (Phi) is 6.51. The number of hydrogen-bond acceptors (Lipinski definition) is 4. The van der Waals surface area contributed by atoms with Crippen LogP contribution in [-0.4, -0.2) is 17.5 Å². The lowest BCUT2D eigenvalue weighted by molar-refractivity contribution is 0.210. The zero-order valence-electron chi connectivity index (χ0n) is 14.2. The van der Waals surface area contributed by atoms with Gasteiger partial charge in [0.15, 0.2) is 5.17 Å². The molecule has 2 N–H and O–H groups in total. The highest BCUT2D eigenvalue weighted by atomic mass is 32.2. The van der Waals surface area contributed by atoms with Crippen molar-refractivity contribution in [1.29, 1.82) is 0 Å². The first-order valence-corrected chi connectivity index (χ1v) is 9.59. The lowest BCUT2D eigenvalue weighted by Gasteiger charge is -2.14. The van der Waals surface area contributed by atoms with Gasteiger partial charge in [-0.1, -0.05) is 54.2 Å². The number of para-hydroxylation sites is 1. The number of hydrogen-bond donors (Lipinski definition) is 1. The van der Waals surface area contributed by atoms with Crippen LogP contribution in [0.25, 0.3) is 0 Å². The van der Waals surface area contributed by atoms with Crippen LogP contribution in [0.1, 0.15) is 36.8 Å². The van der Waals surface area contributed by atoms with Crippen LogP contribution in [0, 0.1) is 0 Å². The van der Waals surface area contributed by atoms with E-state index in [-0.39, 0.29) is 0 Å². The fourth-order valence-electron chi connectivity index (χ4n) is 2.79. The third kappa shape index (κ3) is 5.64. The summed E-state index contributed by atoms with van der Waals surface area (Å²) in [6.45, 7) is 0. The lowest BCUT2D eigenvalue weighted by Crippen LogP contribution is -2.12. The average Bonchev–Trinajstić information content (AvgIpc) is 3.15. The predicted octanol–water partition coefficient (Wildman–Crippen LogP) is 4.59. The Labute approximate surface area is 153 Å². The van der Waals surface area contributed by atoms with Gasteiger partial charge in [0, 0.05) is 11.3 Å². The fourth-order valence-corrected chi connectivity index (χ4v) is 3.40. The van der Waals surface area contributed by atoms with Crippen molar-refractivity contribution in [1.82, 2.24) is 0 Å². The Hall–Kier alpha value is -2.27. The Bertz CT molecular complexity index is 725. The maximum atomic E-state index is 6.09. The van der Waals surface area contributed by atoms with Crippen molar-refractivity contribution < 1.29 is 4.74 Å². The van der Waals surface area contributed by atoms with E-state index in [4.69, 9.17) is 10.5 Å². The third-order valence-electron chi connectivity index (χ3n) is 4.10. The normalized spacial score (nSPS) is 15.8. The van der Waals surface area contributed by atoms with Crippen LogP contribution >= 0.6 is 11.8 Å². The van der Waals surface area contributed by atoms with Gasteiger partial charge in [-0.05, 0) is 43.4 Å². The van der Waals surface area contributed by atoms with Gasteiger partial charge in [-0.15, -0.1) is 5.10 Å². The van der Waals surface area contributed by atoms with Crippen molar-refractivity contribution in [2.24, 2.45) is 15.9 Å². The lowest BCUT2D eigenvalue weighted by atomic mass is 10.2. The molecule has 130 valence electrons. The summed E-state index contributed by atoms with van der Waals surface area (Å²) in [5.74, 6) is 1.65. The third-order valence-corrected chi connectivity index (χ3v) is 4.95. The highest BCUT2D eigenvalue weighted by Crippen LogP contribution is 2.25. The second kappa shape index (κ2) is 9.28. The molecule has 0 bridgehead atoms. The molecule has 3 rings (SSSR count). The molecular formula is C20H23N3OS. The van der Waals surface area contributed by atoms with Gasteiger partial charge in [0.05, 0.1) is 12.3 Å². The van der Waals surface area contributed by atoms with E-state index in [9.17, 15) is 0 Å². The van der Waals surface area contributed by atoms with Crippen LogP contribution in [0.2, 0.25) is 0 Å². The maximum Gasteiger partial charge on any atom is 0.180 e. The van der Waals surface area contributed by atoms with Crippen LogP contribution in [0.5, 0.6) is 5.75 Å². The molecule has 0 spiro atoms. The Balaban J connectivity index is 1.57. The van der Waals surface area contributed by atoms with E-state index < -0.39 is 0 Å². The van der Waals surface area contributed by atoms with Crippen LogP contribution < -0.4 is 10.5 Å². The van der Waals surface area contributed by atoms with Crippen molar-refractivity contribution in [3.05, 3.63) is 65.7 Å². The van der Waals surface area contributed by atoms with E-state index >= 15 is 0 Å². The number of amidine groups is 1. The zero-order chi connectivity index (χ0) is 17.3. The van der Waals surface area contributed by atoms with Crippen LogP contribution in [-0.2, 0) is 5.75 Å². The largest absolute Gasteiger partial charge is 0.490 e. The number of rotatable bonds is 6. The SMILES string of the molecule is NC(=NN=Cc1ccccc1OC1CCCC1)SCc1ccccc1. The van der Waals surface area contributed by atoms with Gasteiger partial charge in [-0.25, -0.2) is 0 Å². The minimum Gasteiger partial charge on any atom is -0.490 e. The van der Waals surface area contributed by atoms with Crippen molar-refractivity contribution in [2.45, 2.75) is 37.5 Å². The number of nitrogens with two attached hydrogens (primary N) is 1. The van der Waals surface area contributed by atoms with Gasteiger partial charge in [0.25, 0.3) is 0 Å². The molecule has 1 aliphatic rings. The molecule has 0 aromatic heterocycles. The smallest absolute Gasteiger partial charge is 0.180 e. The summed E-state index contributed by atoms with van der Waals surface area (Å²) in [5.41, 5.74) is 8.07. The molecular weight excluding hydrogens is 330 g/mol. The minimum absolute atomic E-state index is 0.324. The van der Waals surface area contributed by atoms with Gasteiger partial charge < -0.3 is 10.5 Å². The average molecular weight is 353 g/mol. The van der Waals surface area contributed by atoms with Gasteiger partial charge in [0.1, 0.15) is 5.75 Å². The molecule has 2 aromatic rings. The van der Waals surface area contributed by atoms with Crippen molar-refractivity contribution in [3.8, 4) is 5.75 Å². The van der Waals surface area contributed by atoms with E-state index in [1.54, 1.807) is 6.21 Å². The molecule has 1 fully saturated rings. The quantitative estimate of drug-likeness (QED) is 0.469. The van der Waals surface area contributed by atoms with E-state index in [1.807, 2.05) is 42.5 Å². The minimum atomic E-state index is 0.324. The molecule has 0 atom stereocenters. The molecule has 0 amide bonds. The highest BCUT2D eigenvalue weighted by Gasteiger charge is 2.17. The number of benzene rings is 2. The molecule has 25 heavy (non-hydrogen) atoms. The zero-order valence-corrected chi connectivity index (χ0v) is 15.0. The molecule has 5 heteroatoms. The van der Waals surface area contributed by atoms with Crippen molar-refractivity contribution in [3.63, 3.8) is 0 Å². The summed E-state index contributed by atoms with van der Waals surface area (Å²) in [6, 6.07) is 18.1. The molecule has 2 aromatic carbocycles. The molecule has 0 radical (unpaired) electrons. The maximum absolute atomic E-state index is 6.09. The van der Waals surface area contributed by atoms with Crippen molar-refractivity contribution in [2.75, 3.05) is 0 Å². The number of ether oxygens (including phenoxy) is 1. The van der Waals surface area contributed by atoms with E-state index in [2.05, 4.69) is 22.3 Å². The summed E-state index contributed by atoms with van der Waals surface area (Å²) in [4.78, 5) is 0. The van der Waals surface area contributed by atoms with E-state index in [0.29, 0.717) is 11.3 Å². The van der Waals surface area contributed by atoms with E-state index in [1.165, 1.54) is 30.2 Å². The molecule has 0 saturated heterocycles. The second-order valence-corrected chi connectivity index (χ2v) is 7.01. The molecule has 0 aliphatic heterocycles. The standard InChI is InChI=1S/C20H23N3OS/c21-20(25-15-16-8-2-1-3-9-16)23-22-14-17-10-4-7-13-19(17)24-18-11-5-6-12-18/h1-4,7-10,13-14,18H,5-6,11-12,15H2,(H2,21,23). The summed E-state index contributed by atoms with van der Waals surface area (Å²) >= 11 is 1.48. The molecule has 0 unspecified atom stereocenters. The number of nitrogens with zero attached hydrogens (tertiary/aromatic N) is 2. The van der Waals surface area contributed by atoms with Gasteiger partial charge >= 0.3 is 0 Å². The molecule has 1 aliphatic carbocycles. The van der Waals surface area contributed by atoms with Gasteiger partial charge in [-0.3, -0.25) is 0 Å². The van der Waals surface area contributed by atoms with Crippen LogP contribution in [0.15, 0.2) is 64.8 Å². The molecule has 0 heterocycles. The first-order valence-electron chi connectivity index (χ1n) is 8.60. The Morgan fingerprint density at radius 3 is 2.60 bits per heavy atom. The van der Waals surface area contributed by atoms with Gasteiger partial charge in [0.2, 0.25) is 0 Å². The Morgan fingerprint density at radius 1 is 1.08 bits per heavy atom. The summed E-state index contributed by atoms with van der Waals surface area (Å²) in [7, 11) is 0. The molecule has 1 saturated carbocycles. The topological polar surface area (TPSA) is 60.0 Å². The van der Waals surface area contributed by atoms with Crippen LogP contribution in [0.4, 0.5) is 0 Å². The predicted molar refractivity (Wildman–Crippen MR) is 106 cm³/mol. The second-order valence-electron chi connectivity index (χ2n) is 6.02. The van der Waals surface area contributed by atoms with E-state index in [0.717, 1.165) is 29.9 Å². The number of thioether (sulfide) groups is 1. The highest BCUT2D eigenvalue weighted by molar-refractivity contribution is 8.13. The monoisotopic (exact) mass is 353 g/mol. The van der Waals surface area contributed by atoms with Gasteiger partial charge in [-0.2, -0.15) is 5.10 Å². The summed E-state index contributed by atoms with van der Waals surface area (Å²) in [6.07, 6.45) is 6.80. The fraction of sp³-hybridized carbons (Fsp3) is 0.300. The summed E-state index contributed by atoms with van der Waals surface area (Å²) in [5, 5.41) is 8.66. The Morgan fingerprint density at radius 2 is 1.80 bits per heavy atom. The summed E-state index contributed by atoms with van der Waals surface area (Å²) < 4.78 is 6.09. The first-order chi connectivity index (χ1) is 12.3. The molecule has 4 nitrogen and oxygen atoms in total. The first kappa shape index (κ1) is 17.5.